The van der Waals surface area contributed by atoms with Crippen LogP contribution in [0.4, 0.5) is 0 Å². The molecule has 0 bridgehead atoms. The van der Waals surface area contributed by atoms with Gasteiger partial charge in [-0.3, -0.25) is 5.41 Å². The lowest BCUT2D eigenvalue weighted by Gasteiger charge is -2.20. The van der Waals surface area contributed by atoms with Gasteiger partial charge in [-0.05, 0) is 30.4 Å². The summed E-state index contributed by atoms with van der Waals surface area (Å²) in [5.41, 5.74) is 0.929. The SMILES string of the molecule is N=C(O[C@@H](/C=C/C1CC1)c1ccccc1)C(Cl)(Cl)Cl. The van der Waals surface area contributed by atoms with Gasteiger partial charge in [0.2, 0.25) is 5.90 Å². The van der Waals surface area contributed by atoms with E-state index >= 15 is 0 Å². The van der Waals surface area contributed by atoms with Crippen molar-refractivity contribution < 1.29 is 4.74 Å². The number of allylic oxidation sites excluding steroid dienone is 1. The molecule has 0 heterocycles. The van der Waals surface area contributed by atoms with Crippen LogP contribution in [0.25, 0.3) is 0 Å². The minimum absolute atomic E-state index is 0.369. The number of halogens is 3. The van der Waals surface area contributed by atoms with Crippen LogP contribution in [-0.4, -0.2) is 9.69 Å². The van der Waals surface area contributed by atoms with Gasteiger partial charge in [-0.15, -0.1) is 0 Å². The number of nitrogens with one attached hydrogen (secondary N) is 1. The van der Waals surface area contributed by atoms with Crippen LogP contribution in [-0.2, 0) is 4.74 Å². The molecule has 1 aliphatic rings. The third kappa shape index (κ3) is 4.72. The Labute approximate surface area is 127 Å². The summed E-state index contributed by atoms with van der Waals surface area (Å²) in [5.74, 6) is 0.253. The van der Waals surface area contributed by atoms with Crippen LogP contribution >= 0.6 is 34.8 Å². The molecular weight excluding hydrogens is 305 g/mol. The Bertz CT molecular complexity index is 463. The maximum atomic E-state index is 7.67. The fourth-order valence-electron chi connectivity index (χ4n) is 1.60. The summed E-state index contributed by atoms with van der Waals surface area (Å²) in [6, 6.07) is 9.60. The van der Waals surface area contributed by atoms with Crippen LogP contribution in [0.3, 0.4) is 0 Å². The van der Waals surface area contributed by atoms with Gasteiger partial charge in [-0.25, -0.2) is 0 Å². The van der Waals surface area contributed by atoms with E-state index in [0.717, 1.165) is 5.56 Å². The van der Waals surface area contributed by atoms with Gasteiger partial charge in [-0.1, -0.05) is 71.2 Å². The number of alkyl halides is 3. The molecule has 1 atom stereocenters. The van der Waals surface area contributed by atoms with E-state index in [1.807, 2.05) is 36.4 Å². The van der Waals surface area contributed by atoms with Gasteiger partial charge in [0.05, 0.1) is 0 Å². The Morgan fingerprint density at radius 1 is 1.26 bits per heavy atom. The molecule has 2 nitrogen and oxygen atoms in total. The number of benzene rings is 1. The van der Waals surface area contributed by atoms with E-state index in [1.165, 1.54) is 12.8 Å². The Hall–Kier alpha value is -0.700. The molecule has 1 aromatic rings. The molecule has 0 spiro atoms. The van der Waals surface area contributed by atoms with Crippen molar-refractivity contribution in [2.45, 2.75) is 22.7 Å². The minimum atomic E-state index is -1.83. The molecule has 19 heavy (non-hydrogen) atoms. The molecule has 1 aromatic carbocycles. The van der Waals surface area contributed by atoms with Gasteiger partial charge in [0, 0.05) is 0 Å². The van der Waals surface area contributed by atoms with E-state index in [2.05, 4.69) is 6.08 Å². The fraction of sp³-hybridized carbons (Fsp3) is 0.357. The quantitative estimate of drug-likeness (QED) is 0.358. The van der Waals surface area contributed by atoms with Crippen molar-refractivity contribution in [3.63, 3.8) is 0 Å². The molecule has 1 N–H and O–H groups in total. The van der Waals surface area contributed by atoms with Gasteiger partial charge >= 0.3 is 0 Å². The predicted molar refractivity (Wildman–Crippen MR) is 80.1 cm³/mol. The molecule has 0 radical (unpaired) electrons. The van der Waals surface area contributed by atoms with E-state index < -0.39 is 9.90 Å². The van der Waals surface area contributed by atoms with E-state index in [4.69, 9.17) is 44.9 Å². The topological polar surface area (TPSA) is 33.1 Å². The highest BCUT2D eigenvalue weighted by Crippen LogP contribution is 2.34. The lowest BCUT2D eigenvalue weighted by molar-refractivity contribution is 0.233. The first-order chi connectivity index (χ1) is 8.97. The molecule has 1 aliphatic carbocycles. The van der Waals surface area contributed by atoms with Crippen LogP contribution in [0.15, 0.2) is 42.5 Å². The molecule has 5 heteroatoms. The lowest BCUT2D eigenvalue weighted by atomic mass is 10.1. The first-order valence-electron chi connectivity index (χ1n) is 6.02. The molecule has 0 saturated heterocycles. The summed E-state index contributed by atoms with van der Waals surface area (Å²) in [5, 5.41) is 7.67. The maximum absolute atomic E-state index is 7.67. The third-order valence-electron chi connectivity index (χ3n) is 2.81. The number of hydrogen-bond donors (Lipinski definition) is 1. The van der Waals surface area contributed by atoms with Crippen molar-refractivity contribution in [3.8, 4) is 0 Å². The normalized spacial score (nSPS) is 17.4. The second-order valence-electron chi connectivity index (χ2n) is 4.50. The standard InChI is InChI=1S/C14H14Cl3NO/c15-14(16,17)13(18)19-12(9-8-10-6-7-10)11-4-2-1-3-5-11/h1-5,8-10,12,18H,6-7H2/b9-8+,18-13?/t12-/m0/s1. The summed E-state index contributed by atoms with van der Waals surface area (Å²) >= 11 is 16.9. The Kier molecular flexibility index (Phi) is 4.77. The first kappa shape index (κ1) is 14.7. The van der Waals surface area contributed by atoms with Crippen LogP contribution in [0, 0.1) is 11.3 Å². The summed E-state index contributed by atoms with van der Waals surface area (Å²) in [6.45, 7) is 0. The summed E-state index contributed by atoms with van der Waals surface area (Å²) < 4.78 is 3.65. The van der Waals surface area contributed by atoms with Crippen molar-refractivity contribution in [3.05, 3.63) is 48.0 Å². The Morgan fingerprint density at radius 3 is 2.42 bits per heavy atom. The monoisotopic (exact) mass is 317 g/mol. The van der Waals surface area contributed by atoms with E-state index in [1.54, 1.807) is 0 Å². The first-order valence-corrected chi connectivity index (χ1v) is 7.16. The van der Waals surface area contributed by atoms with Crippen molar-refractivity contribution >= 4 is 40.7 Å². The minimum Gasteiger partial charge on any atom is -0.466 e. The highest BCUT2D eigenvalue weighted by atomic mass is 35.6. The maximum Gasteiger partial charge on any atom is 0.265 e. The van der Waals surface area contributed by atoms with Crippen molar-refractivity contribution in [1.29, 1.82) is 5.41 Å². The van der Waals surface area contributed by atoms with Gasteiger partial charge < -0.3 is 4.74 Å². The Balaban J connectivity index is 2.12. The molecule has 0 amide bonds. The molecule has 1 fully saturated rings. The predicted octanol–water partition coefficient (Wildman–Crippen LogP) is 5.06. The van der Waals surface area contributed by atoms with Crippen molar-refractivity contribution in [2.24, 2.45) is 5.92 Å². The molecule has 1 saturated carbocycles. The smallest absolute Gasteiger partial charge is 0.265 e. The lowest BCUT2D eigenvalue weighted by Crippen LogP contribution is -2.23. The van der Waals surface area contributed by atoms with Crippen molar-refractivity contribution in [2.75, 3.05) is 0 Å². The molecule has 0 unspecified atom stereocenters. The molecule has 102 valence electrons. The number of ether oxygens (including phenoxy) is 1. The zero-order valence-corrected chi connectivity index (χ0v) is 12.4. The fourth-order valence-corrected chi connectivity index (χ4v) is 1.74. The van der Waals surface area contributed by atoms with Gasteiger partial charge in [0.1, 0.15) is 6.10 Å². The number of rotatable bonds is 4. The summed E-state index contributed by atoms with van der Waals surface area (Å²) in [6.07, 6.45) is 6.05. The average molecular weight is 319 g/mol. The van der Waals surface area contributed by atoms with Crippen molar-refractivity contribution in [1.82, 2.24) is 0 Å². The highest BCUT2D eigenvalue weighted by Gasteiger charge is 2.30. The summed E-state index contributed by atoms with van der Waals surface area (Å²) in [7, 11) is 0. The zero-order valence-electron chi connectivity index (χ0n) is 10.2. The van der Waals surface area contributed by atoms with E-state index in [-0.39, 0.29) is 5.90 Å². The molecular formula is C14H14Cl3NO. The second kappa shape index (κ2) is 6.17. The van der Waals surface area contributed by atoms with Gasteiger partial charge in [0.15, 0.2) is 0 Å². The highest BCUT2D eigenvalue weighted by molar-refractivity contribution is 6.76. The van der Waals surface area contributed by atoms with Gasteiger partial charge in [0.25, 0.3) is 3.79 Å². The van der Waals surface area contributed by atoms with E-state index in [9.17, 15) is 0 Å². The molecule has 2 rings (SSSR count). The van der Waals surface area contributed by atoms with Crippen LogP contribution in [0.2, 0.25) is 0 Å². The number of hydrogen-bond acceptors (Lipinski definition) is 2. The van der Waals surface area contributed by atoms with Crippen LogP contribution in [0.1, 0.15) is 24.5 Å². The second-order valence-corrected chi connectivity index (χ2v) is 6.78. The van der Waals surface area contributed by atoms with Gasteiger partial charge in [-0.2, -0.15) is 0 Å². The van der Waals surface area contributed by atoms with Crippen LogP contribution in [0.5, 0.6) is 0 Å². The van der Waals surface area contributed by atoms with E-state index in [0.29, 0.717) is 5.92 Å². The summed E-state index contributed by atoms with van der Waals surface area (Å²) in [4.78, 5) is 0. The zero-order chi connectivity index (χ0) is 13.9. The largest absolute Gasteiger partial charge is 0.466 e. The third-order valence-corrected chi connectivity index (χ3v) is 3.33. The molecule has 0 aliphatic heterocycles. The molecule has 0 aromatic heterocycles. The van der Waals surface area contributed by atoms with Crippen LogP contribution < -0.4 is 0 Å². The Morgan fingerprint density at radius 2 is 1.89 bits per heavy atom. The average Bonchev–Trinajstić information content (AvgIpc) is 3.18.